The summed E-state index contributed by atoms with van der Waals surface area (Å²) in [5.41, 5.74) is 4.99. The standard InChI is InChI=1S/C26H25N5O/c27-16-21-17-28-18-24(26(21)30-22-7-6-19-8-9-29-25(19)15-22)20-4-3-5-23(14-20)32-13-12-31-10-1-2-11-31/h3-9,14-15,17-18,29H,1-2,10-13H2,(H,28,30). The van der Waals surface area contributed by atoms with Gasteiger partial charge in [0.05, 0.1) is 11.3 Å². The Balaban J connectivity index is 1.41. The predicted octanol–water partition coefficient (Wildman–Crippen LogP) is 5.32. The molecule has 32 heavy (non-hydrogen) atoms. The van der Waals surface area contributed by atoms with E-state index in [-0.39, 0.29) is 0 Å². The van der Waals surface area contributed by atoms with Gasteiger partial charge in [0, 0.05) is 41.9 Å². The molecule has 6 heteroatoms. The molecule has 1 aliphatic rings. The molecule has 0 bridgehead atoms. The van der Waals surface area contributed by atoms with Crippen LogP contribution in [0, 0.1) is 11.3 Å². The normalized spacial score (nSPS) is 13.8. The number of hydrogen-bond donors (Lipinski definition) is 2. The summed E-state index contributed by atoms with van der Waals surface area (Å²) in [6.45, 7) is 3.95. The number of fused-ring (bicyclic) bond motifs is 1. The maximum Gasteiger partial charge on any atom is 0.119 e. The van der Waals surface area contributed by atoms with E-state index in [1.54, 1.807) is 12.4 Å². The van der Waals surface area contributed by atoms with Crippen molar-refractivity contribution in [2.75, 3.05) is 31.6 Å². The summed E-state index contributed by atoms with van der Waals surface area (Å²) in [4.78, 5) is 9.97. The fourth-order valence-corrected chi connectivity index (χ4v) is 4.22. The number of ether oxygens (including phenoxy) is 1. The lowest BCUT2D eigenvalue weighted by Gasteiger charge is -2.16. The molecule has 0 saturated carbocycles. The van der Waals surface area contributed by atoms with Crippen molar-refractivity contribution in [3.05, 3.63) is 72.7 Å². The second-order valence-corrected chi connectivity index (χ2v) is 8.05. The van der Waals surface area contributed by atoms with E-state index in [0.29, 0.717) is 12.2 Å². The van der Waals surface area contributed by atoms with Gasteiger partial charge in [0.1, 0.15) is 18.4 Å². The van der Waals surface area contributed by atoms with Crippen LogP contribution in [-0.4, -0.2) is 41.1 Å². The molecule has 2 aromatic carbocycles. The molecule has 2 aromatic heterocycles. The van der Waals surface area contributed by atoms with Crippen molar-refractivity contribution < 1.29 is 4.74 Å². The van der Waals surface area contributed by atoms with Gasteiger partial charge in [-0.2, -0.15) is 5.26 Å². The molecule has 1 saturated heterocycles. The summed E-state index contributed by atoms with van der Waals surface area (Å²) in [5, 5.41) is 14.3. The Morgan fingerprint density at radius 2 is 2.00 bits per heavy atom. The summed E-state index contributed by atoms with van der Waals surface area (Å²) in [6.07, 6.45) is 7.87. The Labute approximate surface area is 187 Å². The van der Waals surface area contributed by atoms with E-state index >= 15 is 0 Å². The number of hydrogen-bond acceptors (Lipinski definition) is 5. The van der Waals surface area contributed by atoms with Crippen molar-refractivity contribution in [3.8, 4) is 22.9 Å². The van der Waals surface area contributed by atoms with Gasteiger partial charge in [-0.05, 0) is 67.2 Å². The Hall–Kier alpha value is -3.82. The molecular formula is C26H25N5O. The van der Waals surface area contributed by atoms with E-state index in [1.165, 1.54) is 25.9 Å². The summed E-state index contributed by atoms with van der Waals surface area (Å²) in [7, 11) is 0. The van der Waals surface area contributed by atoms with Crippen LogP contribution in [-0.2, 0) is 0 Å². The van der Waals surface area contributed by atoms with Crippen LogP contribution in [0.15, 0.2) is 67.1 Å². The minimum atomic E-state index is 0.495. The zero-order valence-electron chi connectivity index (χ0n) is 17.8. The van der Waals surface area contributed by atoms with Crippen LogP contribution in [0.3, 0.4) is 0 Å². The smallest absolute Gasteiger partial charge is 0.119 e. The lowest BCUT2D eigenvalue weighted by atomic mass is 10.0. The molecule has 1 fully saturated rings. The van der Waals surface area contributed by atoms with Crippen LogP contribution < -0.4 is 10.1 Å². The van der Waals surface area contributed by atoms with Crippen molar-refractivity contribution in [2.24, 2.45) is 0 Å². The lowest BCUT2D eigenvalue weighted by molar-refractivity contribution is 0.238. The molecule has 6 nitrogen and oxygen atoms in total. The van der Waals surface area contributed by atoms with Crippen molar-refractivity contribution in [3.63, 3.8) is 0 Å². The third kappa shape index (κ3) is 4.29. The SMILES string of the molecule is N#Cc1cncc(-c2cccc(OCCN3CCCC3)c2)c1Nc1ccc2cc[nH]c2c1. The van der Waals surface area contributed by atoms with Crippen LogP contribution in [0.25, 0.3) is 22.0 Å². The Bertz CT molecular complexity index is 1270. The first-order valence-corrected chi connectivity index (χ1v) is 11.0. The van der Waals surface area contributed by atoms with Crippen LogP contribution in [0.4, 0.5) is 11.4 Å². The maximum absolute atomic E-state index is 9.72. The van der Waals surface area contributed by atoms with Crippen LogP contribution in [0.2, 0.25) is 0 Å². The van der Waals surface area contributed by atoms with Crippen LogP contribution in [0.5, 0.6) is 5.75 Å². The Morgan fingerprint density at radius 3 is 2.88 bits per heavy atom. The van der Waals surface area contributed by atoms with Gasteiger partial charge in [-0.15, -0.1) is 0 Å². The number of likely N-dealkylation sites (tertiary alicyclic amines) is 1. The van der Waals surface area contributed by atoms with Crippen molar-refractivity contribution in [2.45, 2.75) is 12.8 Å². The fourth-order valence-electron chi connectivity index (χ4n) is 4.22. The summed E-state index contributed by atoms with van der Waals surface area (Å²) < 4.78 is 6.03. The topological polar surface area (TPSA) is 77.0 Å². The van der Waals surface area contributed by atoms with Gasteiger partial charge in [0.15, 0.2) is 0 Å². The number of H-pyrrole nitrogens is 1. The number of aromatic amines is 1. The van der Waals surface area contributed by atoms with Gasteiger partial charge in [0.25, 0.3) is 0 Å². The molecular weight excluding hydrogens is 398 g/mol. The summed E-state index contributed by atoms with van der Waals surface area (Å²) >= 11 is 0. The number of nitrogens with one attached hydrogen (secondary N) is 2. The third-order valence-corrected chi connectivity index (χ3v) is 5.91. The molecule has 0 spiro atoms. The molecule has 0 aliphatic carbocycles. The maximum atomic E-state index is 9.72. The lowest BCUT2D eigenvalue weighted by Crippen LogP contribution is -2.25. The van der Waals surface area contributed by atoms with Crippen molar-refractivity contribution in [1.82, 2.24) is 14.9 Å². The van der Waals surface area contributed by atoms with Gasteiger partial charge in [-0.1, -0.05) is 18.2 Å². The quantitative estimate of drug-likeness (QED) is 0.421. The highest BCUT2D eigenvalue weighted by Crippen LogP contribution is 2.34. The molecule has 4 aromatic rings. The third-order valence-electron chi connectivity index (χ3n) is 5.91. The van der Waals surface area contributed by atoms with E-state index in [9.17, 15) is 5.26 Å². The van der Waals surface area contributed by atoms with E-state index < -0.39 is 0 Å². The van der Waals surface area contributed by atoms with Gasteiger partial charge < -0.3 is 15.0 Å². The monoisotopic (exact) mass is 423 g/mol. The first-order valence-electron chi connectivity index (χ1n) is 11.0. The fraction of sp³-hybridized carbons (Fsp3) is 0.231. The zero-order valence-corrected chi connectivity index (χ0v) is 17.8. The first kappa shape index (κ1) is 20.1. The molecule has 2 N–H and O–H groups in total. The van der Waals surface area contributed by atoms with E-state index in [1.807, 2.05) is 48.7 Å². The Kier molecular flexibility index (Phi) is 5.73. The highest BCUT2D eigenvalue weighted by Gasteiger charge is 2.14. The highest BCUT2D eigenvalue weighted by molar-refractivity contribution is 5.88. The van der Waals surface area contributed by atoms with Crippen LogP contribution in [0.1, 0.15) is 18.4 Å². The van der Waals surface area contributed by atoms with E-state index in [0.717, 1.165) is 45.7 Å². The number of benzene rings is 2. The van der Waals surface area contributed by atoms with Crippen LogP contribution >= 0.6 is 0 Å². The number of nitriles is 1. The summed E-state index contributed by atoms with van der Waals surface area (Å²) in [5.74, 6) is 0.822. The van der Waals surface area contributed by atoms with Gasteiger partial charge in [0.2, 0.25) is 0 Å². The minimum Gasteiger partial charge on any atom is -0.492 e. The number of aromatic nitrogens is 2. The second-order valence-electron chi connectivity index (χ2n) is 8.05. The van der Waals surface area contributed by atoms with Crippen molar-refractivity contribution in [1.29, 1.82) is 5.26 Å². The number of pyridine rings is 1. The zero-order chi connectivity index (χ0) is 21.8. The van der Waals surface area contributed by atoms with Gasteiger partial charge in [-0.3, -0.25) is 9.88 Å². The highest BCUT2D eigenvalue weighted by atomic mass is 16.5. The molecule has 1 aliphatic heterocycles. The van der Waals surface area contributed by atoms with E-state index in [4.69, 9.17) is 4.74 Å². The Morgan fingerprint density at radius 1 is 1.09 bits per heavy atom. The molecule has 0 radical (unpaired) electrons. The van der Waals surface area contributed by atoms with Crippen molar-refractivity contribution >= 4 is 22.3 Å². The number of nitrogens with zero attached hydrogens (tertiary/aromatic N) is 3. The largest absolute Gasteiger partial charge is 0.492 e. The predicted molar refractivity (Wildman–Crippen MR) is 127 cm³/mol. The molecule has 0 amide bonds. The second kappa shape index (κ2) is 9.13. The minimum absolute atomic E-state index is 0.495. The summed E-state index contributed by atoms with van der Waals surface area (Å²) in [6, 6.07) is 18.4. The van der Waals surface area contributed by atoms with Gasteiger partial charge in [-0.25, -0.2) is 0 Å². The average Bonchev–Trinajstić information content (AvgIpc) is 3.51. The first-order chi connectivity index (χ1) is 15.8. The molecule has 160 valence electrons. The molecule has 0 atom stereocenters. The number of rotatable bonds is 7. The van der Waals surface area contributed by atoms with Gasteiger partial charge >= 0.3 is 0 Å². The number of anilines is 2. The molecule has 3 heterocycles. The molecule has 5 rings (SSSR count). The average molecular weight is 424 g/mol. The van der Waals surface area contributed by atoms with E-state index in [2.05, 4.69) is 32.3 Å². The molecule has 0 unspecified atom stereocenters.